The topological polar surface area (TPSA) is 70.0 Å². The van der Waals surface area contributed by atoms with E-state index in [0.29, 0.717) is 15.8 Å². The van der Waals surface area contributed by atoms with Crippen LogP contribution in [0, 0.1) is 0 Å². The standard InChI is InChI=1S/C12H15Cl2NO4/c13-10-2-1-9(7-11(10)14)19-8-12(18)15(3-5-16)4-6-17/h1-2,7,16-17H,3-6,8H2. The summed E-state index contributed by atoms with van der Waals surface area (Å²) in [4.78, 5) is 13.1. The van der Waals surface area contributed by atoms with Gasteiger partial charge in [0.2, 0.25) is 0 Å². The first-order valence-electron chi connectivity index (χ1n) is 5.65. The van der Waals surface area contributed by atoms with Gasteiger partial charge in [0.05, 0.1) is 23.3 Å². The maximum atomic E-state index is 11.8. The van der Waals surface area contributed by atoms with Crippen LogP contribution in [0.5, 0.6) is 5.75 Å². The highest BCUT2D eigenvalue weighted by Gasteiger charge is 2.13. The number of benzene rings is 1. The number of aliphatic hydroxyl groups is 2. The van der Waals surface area contributed by atoms with Crippen molar-refractivity contribution < 1.29 is 19.7 Å². The number of carbonyl (C=O) groups excluding carboxylic acids is 1. The highest BCUT2D eigenvalue weighted by atomic mass is 35.5. The number of carbonyl (C=O) groups is 1. The van der Waals surface area contributed by atoms with E-state index in [1.54, 1.807) is 12.1 Å². The minimum Gasteiger partial charge on any atom is -0.484 e. The summed E-state index contributed by atoms with van der Waals surface area (Å²) in [5, 5.41) is 18.4. The number of hydrogen-bond donors (Lipinski definition) is 2. The predicted octanol–water partition coefficient (Wildman–Crippen LogP) is 1.19. The molecule has 0 radical (unpaired) electrons. The van der Waals surface area contributed by atoms with Crippen LogP contribution in [0.1, 0.15) is 0 Å². The summed E-state index contributed by atoms with van der Waals surface area (Å²) in [6.45, 7) is -0.219. The summed E-state index contributed by atoms with van der Waals surface area (Å²) < 4.78 is 5.28. The first-order chi connectivity index (χ1) is 9.08. The summed E-state index contributed by atoms with van der Waals surface area (Å²) in [5.41, 5.74) is 0. The van der Waals surface area contributed by atoms with Crippen LogP contribution < -0.4 is 4.74 Å². The Morgan fingerprint density at radius 1 is 1.16 bits per heavy atom. The molecule has 0 saturated heterocycles. The SMILES string of the molecule is O=C(COc1ccc(Cl)c(Cl)c1)N(CCO)CCO. The molecule has 0 aliphatic rings. The van der Waals surface area contributed by atoms with Crippen LogP contribution in [0.25, 0.3) is 0 Å². The number of ether oxygens (including phenoxy) is 1. The molecule has 0 aliphatic carbocycles. The van der Waals surface area contributed by atoms with Crippen molar-refractivity contribution in [3.05, 3.63) is 28.2 Å². The molecule has 0 aliphatic heterocycles. The van der Waals surface area contributed by atoms with Crippen molar-refractivity contribution in [3.63, 3.8) is 0 Å². The zero-order valence-electron chi connectivity index (χ0n) is 10.2. The highest BCUT2D eigenvalue weighted by Crippen LogP contribution is 2.26. The number of halogens is 2. The smallest absolute Gasteiger partial charge is 0.260 e. The van der Waals surface area contributed by atoms with Crippen molar-refractivity contribution in [2.45, 2.75) is 0 Å². The van der Waals surface area contributed by atoms with Gasteiger partial charge in [-0.05, 0) is 12.1 Å². The Kier molecular flexibility index (Phi) is 6.94. The van der Waals surface area contributed by atoms with Crippen LogP contribution in [0.4, 0.5) is 0 Å². The van der Waals surface area contributed by atoms with E-state index in [-0.39, 0.29) is 38.8 Å². The molecule has 2 N–H and O–H groups in total. The van der Waals surface area contributed by atoms with E-state index < -0.39 is 0 Å². The monoisotopic (exact) mass is 307 g/mol. The predicted molar refractivity (Wildman–Crippen MR) is 72.7 cm³/mol. The normalized spacial score (nSPS) is 10.3. The number of nitrogens with zero attached hydrogens (tertiary/aromatic N) is 1. The maximum Gasteiger partial charge on any atom is 0.260 e. The van der Waals surface area contributed by atoms with E-state index in [4.69, 9.17) is 38.2 Å². The second kappa shape index (κ2) is 8.22. The molecule has 19 heavy (non-hydrogen) atoms. The quantitative estimate of drug-likeness (QED) is 0.794. The molecule has 0 bridgehead atoms. The van der Waals surface area contributed by atoms with Crippen molar-refractivity contribution in [1.29, 1.82) is 0 Å². The van der Waals surface area contributed by atoms with Gasteiger partial charge in [-0.2, -0.15) is 0 Å². The van der Waals surface area contributed by atoms with Crippen molar-refractivity contribution in [3.8, 4) is 5.75 Å². The maximum absolute atomic E-state index is 11.8. The van der Waals surface area contributed by atoms with Crippen molar-refractivity contribution in [2.24, 2.45) is 0 Å². The van der Waals surface area contributed by atoms with Gasteiger partial charge in [0.15, 0.2) is 6.61 Å². The molecule has 0 spiro atoms. The molecule has 0 fully saturated rings. The third-order valence-electron chi connectivity index (χ3n) is 2.35. The average Bonchev–Trinajstić information content (AvgIpc) is 2.39. The van der Waals surface area contributed by atoms with Crippen LogP contribution in [0.15, 0.2) is 18.2 Å². The fourth-order valence-corrected chi connectivity index (χ4v) is 1.69. The molecular formula is C12H15Cl2NO4. The van der Waals surface area contributed by atoms with Crippen molar-refractivity contribution >= 4 is 29.1 Å². The summed E-state index contributed by atoms with van der Waals surface area (Å²) in [6.07, 6.45) is 0. The Hall–Kier alpha value is -1.01. The second-order valence-corrected chi connectivity index (χ2v) is 4.51. The number of rotatable bonds is 7. The molecule has 0 unspecified atom stereocenters. The Balaban J connectivity index is 2.54. The number of amides is 1. The Morgan fingerprint density at radius 2 is 1.79 bits per heavy atom. The Bertz CT molecular complexity index is 422. The Morgan fingerprint density at radius 3 is 2.32 bits per heavy atom. The first kappa shape index (κ1) is 16.0. The van der Waals surface area contributed by atoms with Crippen LogP contribution in [0.2, 0.25) is 10.0 Å². The number of hydrogen-bond acceptors (Lipinski definition) is 4. The lowest BCUT2D eigenvalue weighted by Gasteiger charge is -2.20. The molecule has 0 atom stereocenters. The zero-order valence-corrected chi connectivity index (χ0v) is 11.7. The third-order valence-corrected chi connectivity index (χ3v) is 3.08. The molecule has 0 saturated carbocycles. The van der Waals surface area contributed by atoms with Gasteiger partial charge in [0, 0.05) is 19.2 Å². The molecule has 1 rings (SSSR count). The highest BCUT2D eigenvalue weighted by molar-refractivity contribution is 6.42. The van der Waals surface area contributed by atoms with Crippen LogP contribution in [-0.4, -0.2) is 53.9 Å². The van der Waals surface area contributed by atoms with Gasteiger partial charge < -0.3 is 19.8 Å². The van der Waals surface area contributed by atoms with E-state index in [2.05, 4.69) is 0 Å². The lowest BCUT2D eigenvalue weighted by molar-refractivity contribution is -0.134. The first-order valence-corrected chi connectivity index (χ1v) is 6.41. The van der Waals surface area contributed by atoms with Gasteiger partial charge >= 0.3 is 0 Å². The van der Waals surface area contributed by atoms with Gasteiger partial charge in [0.25, 0.3) is 5.91 Å². The molecule has 1 aromatic rings. The van der Waals surface area contributed by atoms with Gasteiger partial charge in [-0.25, -0.2) is 0 Å². The Labute approximate surface area is 121 Å². The van der Waals surface area contributed by atoms with E-state index in [1.165, 1.54) is 11.0 Å². The second-order valence-electron chi connectivity index (χ2n) is 3.69. The molecule has 0 heterocycles. The van der Waals surface area contributed by atoms with Gasteiger partial charge in [0.1, 0.15) is 5.75 Å². The lowest BCUT2D eigenvalue weighted by Crippen LogP contribution is -2.38. The van der Waals surface area contributed by atoms with Crippen LogP contribution >= 0.6 is 23.2 Å². The summed E-state index contributed by atoms with van der Waals surface area (Å²) in [7, 11) is 0. The lowest BCUT2D eigenvalue weighted by atomic mass is 10.3. The molecule has 5 nitrogen and oxygen atoms in total. The fourth-order valence-electron chi connectivity index (χ4n) is 1.41. The van der Waals surface area contributed by atoms with Crippen LogP contribution in [-0.2, 0) is 4.79 Å². The molecular weight excluding hydrogens is 293 g/mol. The molecule has 0 aromatic heterocycles. The molecule has 106 valence electrons. The van der Waals surface area contributed by atoms with Gasteiger partial charge in [-0.15, -0.1) is 0 Å². The molecule has 1 amide bonds. The molecule has 7 heteroatoms. The largest absolute Gasteiger partial charge is 0.484 e. The number of aliphatic hydroxyl groups excluding tert-OH is 2. The minimum atomic E-state index is -0.325. The fraction of sp³-hybridized carbons (Fsp3) is 0.417. The van der Waals surface area contributed by atoms with E-state index in [1.807, 2.05) is 0 Å². The average molecular weight is 308 g/mol. The van der Waals surface area contributed by atoms with E-state index in [0.717, 1.165) is 0 Å². The third kappa shape index (κ3) is 5.24. The minimum absolute atomic E-state index is 0.157. The van der Waals surface area contributed by atoms with E-state index in [9.17, 15) is 4.79 Å². The summed E-state index contributed by atoms with van der Waals surface area (Å²) >= 11 is 11.6. The van der Waals surface area contributed by atoms with Crippen molar-refractivity contribution in [2.75, 3.05) is 32.9 Å². The zero-order chi connectivity index (χ0) is 14.3. The molecule has 1 aromatic carbocycles. The van der Waals surface area contributed by atoms with E-state index >= 15 is 0 Å². The summed E-state index contributed by atoms with van der Waals surface area (Å²) in [6, 6.07) is 4.69. The summed E-state index contributed by atoms with van der Waals surface area (Å²) in [5.74, 6) is 0.102. The van der Waals surface area contributed by atoms with Crippen LogP contribution in [0.3, 0.4) is 0 Å². The van der Waals surface area contributed by atoms with Gasteiger partial charge in [-0.3, -0.25) is 4.79 Å². The van der Waals surface area contributed by atoms with Gasteiger partial charge in [-0.1, -0.05) is 23.2 Å². The van der Waals surface area contributed by atoms with Crippen molar-refractivity contribution in [1.82, 2.24) is 4.90 Å².